The van der Waals surface area contributed by atoms with Crippen LogP contribution in [-0.4, -0.2) is 26.8 Å². The van der Waals surface area contributed by atoms with E-state index in [0.717, 1.165) is 15.6 Å². The first-order chi connectivity index (χ1) is 12.0. The molecule has 0 aliphatic rings. The largest absolute Gasteiger partial charge is 0.374 e. The molecule has 0 atom stereocenters. The molecular weight excluding hydrogens is 421 g/mol. The third kappa shape index (κ3) is 5.05. The Labute approximate surface area is 165 Å². The fraction of sp³-hybridized carbons (Fsp3) is 0.143. The van der Waals surface area contributed by atoms with Crippen LogP contribution in [0, 0.1) is 0 Å². The van der Waals surface area contributed by atoms with Gasteiger partial charge in [-0.2, -0.15) is 0 Å². The Hall–Kier alpha value is -1.39. The minimum absolute atomic E-state index is 0.111. The molecule has 0 fully saturated rings. The number of hydrogen-bond donors (Lipinski definition) is 2. The number of rotatable bonds is 6. The minimum atomic E-state index is -0.111. The molecule has 1 aromatic carbocycles. The average Bonchev–Trinajstić information content (AvgIpc) is 3.19. The highest BCUT2D eigenvalue weighted by atomic mass is 35.5. The van der Waals surface area contributed by atoms with Gasteiger partial charge < -0.3 is 11.1 Å². The topological polar surface area (TPSA) is 93.8 Å². The van der Waals surface area contributed by atoms with Crippen molar-refractivity contribution in [1.29, 1.82) is 0 Å². The number of halogens is 2. The number of carbonyl (C=O) groups is 1. The van der Waals surface area contributed by atoms with Gasteiger partial charge in [0.05, 0.1) is 15.7 Å². The molecule has 0 bridgehead atoms. The van der Waals surface area contributed by atoms with Gasteiger partial charge in [-0.05, 0) is 12.1 Å². The first kappa shape index (κ1) is 18.4. The number of nitrogens with one attached hydrogen (secondary N) is 1. The maximum atomic E-state index is 12.0. The molecular formula is C14H11Cl2N5OS3. The van der Waals surface area contributed by atoms with Crippen LogP contribution in [0.15, 0.2) is 27.9 Å². The Balaban J connectivity index is 1.53. The fourth-order valence-electron chi connectivity index (χ4n) is 1.81. The van der Waals surface area contributed by atoms with Gasteiger partial charge in [0.15, 0.2) is 9.47 Å². The smallest absolute Gasteiger partial charge is 0.226 e. The quantitative estimate of drug-likeness (QED) is 0.550. The number of nitrogens with two attached hydrogens (primary N) is 1. The lowest BCUT2D eigenvalue weighted by Gasteiger charge is -2.01. The monoisotopic (exact) mass is 431 g/mol. The molecule has 1 amide bonds. The van der Waals surface area contributed by atoms with Crippen LogP contribution in [0.2, 0.25) is 10.0 Å². The molecule has 0 spiro atoms. The molecule has 0 radical (unpaired) electrons. The van der Waals surface area contributed by atoms with Gasteiger partial charge in [-0.1, -0.05) is 52.4 Å². The van der Waals surface area contributed by atoms with Gasteiger partial charge in [0.2, 0.25) is 11.0 Å². The number of carbonyl (C=O) groups excluding carboxylic acids is 1. The van der Waals surface area contributed by atoms with E-state index in [-0.39, 0.29) is 5.91 Å². The molecule has 130 valence electrons. The molecule has 0 saturated heterocycles. The van der Waals surface area contributed by atoms with Crippen molar-refractivity contribution in [2.75, 3.05) is 16.8 Å². The summed E-state index contributed by atoms with van der Waals surface area (Å²) in [5, 5.41) is 14.2. The molecule has 11 heteroatoms. The van der Waals surface area contributed by atoms with Crippen molar-refractivity contribution in [3.05, 3.63) is 33.6 Å². The van der Waals surface area contributed by atoms with E-state index >= 15 is 0 Å². The van der Waals surface area contributed by atoms with E-state index in [1.807, 2.05) is 11.4 Å². The molecule has 0 aliphatic carbocycles. The van der Waals surface area contributed by atoms with E-state index in [4.69, 9.17) is 28.9 Å². The van der Waals surface area contributed by atoms with Gasteiger partial charge in [0, 0.05) is 23.1 Å². The van der Waals surface area contributed by atoms with Gasteiger partial charge in [0.1, 0.15) is 0 Å². The number of anilines is 2. The maximum absolute atomic E-state index is 12.0. The third-order valence-electron chi connectivity index (χ3n) is 2.94. The van der Waals surface area contributed by atoms with Crippen molar-refractivity contribution < 1.29 is 4.79 Å². The number of hydrogen-bond acceptors (Lipinski definition) is 8. The Morgan fingerprint density at radius 2 is 2.12 bits per heavy atom. The second kappa shape index (κ2) is 8.33. The van der Waals surface area contributed by atoms with Crippen LogP contribution in [0.1, 0.15) is 6.42 Å². The summed E-state index contributed by atoms with van der Waals surface area (Å²) in [6.45, 7) is 0. The van der Waals surface area contributed by atoms with E-state index in [9.17, 15) is 4.79 Å². The highest BCUT2D eigenvalue weighted by Crippen LogP contribution is 2.30. The van der Waals surface area contributed by atoms with E-state index in [0.29, 0.717) is 32.5 Å². The Bertz CT molecular complexity index is 898. The number of nitrogen functional groups attached to an aromatic ring is 1. The van der Waals surface area contributed by atoms with E-state index < -0.39 is 0 Å². The average molecular weight is 432 g/mol. The number of nitrogens with zero attached hydrogens (tertiary/aromatic N) is 3. The second-order valence-corrected chi connectivity index (χ2v) is 8.74. The highest BCUT2D eigenvalue weighted by Gasteiger charge is 2.10. The van der Waals surface area contributed by atoms with E-state index in [1.54, 1.807) is 12.1 Å². The summed E-state index contributed by atoms with van der Waals surface area (Å²) in [5.41, 5.74) is 7.09. The number of amides is 1. The van der Waals surface area contributed by atoms with Crippen molar-refractivity contribution in [3.8, 4) is 11.3 Å². The maximum Gasteiger partial charge on any atom is 0.226 e. The SMILES string of the molecule is Nc1nnc(SCCC(=O)Nc2nc(-c3ccc(Cl)c(Cl)c3)cs2)s1. The predicted octanol–water partition coefficient (Wildman–Crippen LogP) is 4.67. The van der Waals surface area contributed by atoms with Crippen LogP contribution in [0.4, 0.5) is 10.3 Å². The molecule has 0 unspecified atom stereocenters. The second-order valence-electron chi connectivity index (χ2n) is 4.72. The van der Waals surface area contributed by atoms with Gasteiger partial charge in [-0.3, -0.25) is 4.79 Å². The lowest BCUT2D eigenvalue weighted by atomic mass is 10.2. The molecule has 3 aromatic rings. The van der Waals surface area contributed by atoms with Crippen molar-refractivity contribution in [1.82, 2.24) is 15.2 Å². The molecule has 0 aliphatic heterocycles. The zero-order valence-electron chi connectivity index (χ0n) is 12.5. The number of benzene rings is 1. The van der Waals surface area contributed by atoms with Crippen LogP contribution in [-0.2, 0) is 4.79 Å². The summed E-state index contributed by atoms with van der Waals surface area (Å²) in [6.07, 6.45) is 0.339. The molecule has 6 nitrogen and oxygen atoms in total. The molecule has 25 heavy (non-hydrogen) atoms. The summed E-state index contributed by atoms with van der Waals surface area (Å²) in [6, 6.07) is 5.29. The van der Waals surface area contributed by atoms with Crippen molar-refractivity contribution >= 4 is 73.8 Å². The van der Waals surface area contributed by atoms with Gasteiger partial charge in [-0.25, -0.2) is 4.98 Å². The van der Waals surface area contributed by atoms with Crippen molar-refractivity contribution in [3.63, 3.8) is 0 Å². The first-order valence-electron chi connectivity index (χ1n) is 6.94. The first-order valence-corrected chi connectivity index (χ1v) is 10.4. The Morgan fingerprint density at radius 1 is 1.28 bits per heavy atom. The lowest BCUT2D eigenvalue weighted by molar-refractivity contribution is -0.115. The number of thiazole rings is 1. The predicted molar refractivity (Wildman–Crippen MR) is 106 cm³/mol. The standard InChI is InChI=1S/C14H11Cl2N5OS3/c15-8-2-1-7(5-9(8)16)10-6-24-13(18-10)19-11(22)3-4-23-14-21-20-12(17)25-14/h1-2,5-6H,3-4H2,(H2,17,20)(H,18,19,22). The molecule has 3 rings (SSSR count). The summed E-state index contributed by atoms with van der Waals surface area (Å²) in [7, 11) is 0. The molecule has 3 N–H and O–H groups in total. The molecule has 2 aromatic heterocycles. The van der Waals surface area contributed by atoms with Crippen LogP contribution in [0.5, 0.6) is 0 Å². The van der Waals surface area contributed by atoms with E-state index in [2.05, 4.69) is 20.5 Å². The fourth-order valence-corrected chi connectivity index (χ4v) is 4.49. The minimum Gasteiger partial charge on any atom is -0.374 e. The lowest BCUT2D eigenvalue weighted by Crippen LogP contribution is -2.11. The van der Waals surface area contributed by atoms with Gasteiger partial charge >= 0.3 is 0 Å². The molecule has 2 heterocycles. The summed E-state index contributed by atoms with van der Waals surface area (Å²) < 4.78 is 0.751. The summed E-state index contributed by atoms with van der Waals surface area (Å²) >= 11 is 16.0. The normalized spacial score (nSPS) is 10.8. The van der Waals surface area contributed by atoms with E-state index in [1.165, 1.54) is 34.4 Å². The van der Waals surface area contributed by atoms with Crippen molar-refractivity contribution in [2.24, 2.45) is 0 Å². The summed E-state index contributed by atoms with van der Waals surface area (Å²) in [5.74, 6) is 0.478. The van der Waals surface area contributed by atoms with Crippen molar-refractivity contribution in [2.45, 2.75) is 10.8 Å². The zero-order chi connectivity index (χ0) is 17.8. The highest BCUT2D eigenvalue weighted by molar-refractivity contribution is 8.01. The number of aromatic nitrogens is 3. The van der Waals surface area contributed by atoms with Crippen LogP contribution < -0.4 is 11.1 Å². The van der Waals surface area contributed by atoms with Crippen LogP contribution in [0.3, 0.4) is 0 Å². The third-order valence-corrected chi connectivity index (χ3v) is 6.33. The number of thioether (sulfide) groups is 1. The molecule has 0 saturated carbocycles. The van der Waals surface area contributed by atoms with Gasteiger partial charge in [-0.15, -0.1) is 21.5 Å². The Morgan fingerprint density at radius 3 is 2.84 bits per heavy atom. The van der Waals surface area contributed by atoms with Crippen LogP contribution in [0.25, 0.3) is 11.3 Å². The Kier molecular flexibility index (Phi) is 6.13. The van der Waals surface area contributed by atoms with Gasteiger partial charge in [0.25, 0.3) is 0 Å². The zero-order valence-corrected chi connectivity index (χ0v) is 16.5. The van der Waals surface area contributed by atoms with Crippen LogP contribution >= 0.6 is 57.6 Å². The summed E-state index contributed by atoms with van der Waals surface area (Å²) in [4.78, 5) is 16.4.